The van der Waals surface area contributed by atoms with Crippen LogP contribution < -0.4 is 9.47 Å². The van der Waals surface area contributed by atoms with Crippen molar-refractivity contribution in [2.24, 2.45) is 0 Å². The number of methoxy groups -OCH3 is 1. The Morgan fingerprint density at radius 3 is 2.50 bits per heavy atom. The van der Waals surface area contributed by atoms with E-state index in [2.05, 4.69) is 0 Å². The van der Waals surface area contributed by atoms with Gasteiger partial charge in [-0.2, -0.15) is 0 Å². The second kappa shape index (κ2) is 7.51. The first-order valence-electron chi connectivity index (χ1n) is 7.66. The molecule has 0 saturated heterocycles. The monoisotopic (exact) mass is 322 g/mol. The van der Waals surface area contributed by atoms with E-state index in [-0.39, 0.29) is 12.2 Å². The number of rotatable bonds is 7. The van der Waals surface area contributed by atoms with Gasteiger partial charge in [0.05, 0.1) is 13.4 Å². The highest BCUT2D eigenvalue weighted by Gasteiger charge is 2.12. The van der Waals surface area contributed by atoms with E-state index in [0.29, 0.717) is 23.9 Å². The molecule has 1 aromatic heterocycles. The zero-order valence-electron chi connectivity index (χ0n) is 13.4. The van der Waals surface area contributed by atoms with E-state index >= 15 is 0 Å². The number of hydrogen-bond acceptors (Lipinski definition) is 4. The summed E-state index contributed by atoms with van der Waals surface area (Å²) in [6.07, 6.45) is 1.74. The van der Waals surface area contributed by atoms with E-state index in [1.54, 1.807) is 19.2 Å². The third-order valence-corrected chi connectivity index (χ3v) is 3.63. The van der Waals surface area contributed by atoms with Gasteiger partial charge in [0, 0.05) is 6.42 Å². The van der Waals surface area contributed by atoms with E-state index in [1.165, 1.54) is 6.26 Å². The molecule has 4 heteroatoms. The number of hydrogen-bond donors (Lipinski definition) is 0. The highest BCUT2D eigenvalue weighted by molar-refractivity contribution is 5.95. The normalized spacial score (nSPS) is 10.4. The van der Waals surface area contributed by atoms with Crippen LogP contribution in [0.5, 0.6) is 11.5 Å². The molecule has 0 bridgehead atoms. The number of ketones is 1. The summed E-state index contributed by atoms with van der Waals surface area (Å²) in [6, 6.07) is 18.8. The molecule has 4 nitrogen and oxygen atoms in total. The Bertz CT molecular complexity index is 792. The first kappa shape index (κ1) is 15.9. The molecule has 24 heavy (non-hydrogen) atoms. The van der Waals surface area contributed by atoms with Crippen molar-refractivity contribution < 1.29 is 18.7 Å². The minimum Gasteiger partial charge on any atom is -0.493 e. The third kappa shape index (κ3) is 3.84. The maximum Gasteiger partial charge on any atom is 0.202 e. The molecule has 0 aliphatic rings. The van der Waals surface area contributed by atoms with Gasteiger partial charge in [0.25, 0.3) is 0 Å². The summed E-state index contributed by atoms with van der Waals surface area (Å²) in [5, 5.41) is 0. The van der Waals surface area contributed by atoms with Crippen molar-refractivity contribution in [2.45, 2.75) is 13.0 Å². The number of furan rings is 1. The van der Waals surface area contributed by atoms with Crippen LogP contribution in [0.1, 0.15) is 21.7 Å². The van der Waals surface area contributed by atoms with Gasteiger partial charge in [-0.1, -0.05) is 36.4 Å². The molecule has 2 aromatic carbocycles. The average molecular weight is 322 g/mol. The third-order valence-electron chi connectivity index (χ3n) is 3.63. The molecule has 0 radical (unpaired) electrons. The lowest BCUT2D eigenvalue weighted by atomic mass is 10.1. The van der Waals surface area contributed by atoms with Crippen LogP contribution in [0.3, 0.4) is 0 Å². The summed E-state index contributed by atoms with van der Waals surface area (Å²) < 4.78 is 16.3. The minimum absolute atomic E-state index is 0.0702. The molecule has 3 aromatic rings. The minimum atomic E-state index is -0.0702. The van der Waals surface area contributed by atoms with Crippen LogP contribution in [0.2, 0.25) is 0 Å². The van der Waals surface area contributed by atoms with Crippen LogP contribution in [0.25, 0.3) is 0 Å². The molecule has 0 fully saturated rings. The molecule has 0 amide bonds. The number of Topliss-reactive ketones (excluding diaryl/α,β-unsaturated/α-hetero) is 1. The molecular weight excluding hydrogens is 304 g/mol. The predicted octanol–water partition coefficient (Wildman–Crippen LogP) is 4.29. The first-order valence-corrected chi connectivity index (χ1v) is 7.66. The number of ether oxygens (including phenoxy) is 2. The molecular formula is C20H18O4. The Morgan fingerprint density at radius 2 is 1.79 bits per heavy atom. The van der Waals surface area contributed by atoms with E-state index in [4.69, 9.17) is 13.9 Å². The van der Waals surface area contributed by atoms with Crippen molar-refractivity contribution in [3.63, 3.8) is 0 Å². The Balaban J connectivity index is 1.74. The van der Waals surface area contributed by atoms with Crippen LogP contribution in [-0.2, 0) is 13.0 Å². The average Bonchev–Trinajstić information content (AvgIpc) is 3.16. The van der Waals surface area contributed by atoms with Gasteiger partial charge in [-0.3, -0.25) is 4.79 Å². The van der Waals surface area contributed by atoms with Crippen LogP contribution in [-0.4, -0.2) is 12.9 Å². The van der Waals surface area contributed by atoms with E-state index in [9.17, 15) is 4.79 Å². The van der Waals surface area contributed by atoms with Crippen LogP contribution in [0.15, 0.2) is 71.3 Å². The first-order chi connectivity index (χ1) is 11.8. The van der Waals surface area contributed by atoms with Gasteiger partial charge < -0.3 is 13.9 Å². The van der Waals surface area contributed by atoms with Crippen molar-refractivity contribution in [3.8, 4) is 11.5 Å². The van der Waals surface area contributed by atoms with Crippen molar-refractivity contribution >= 4 is 5.78 Å². The molecule has 0 aliphatic carbocycles. The quantitative estimate of drug-likeness (QED) is 0.609. The molecule has 1 heterocycles. The molecule has 3 rings (SSSR count). The lowest BCUT2D eigenvalue weighted by Crippen LogP contribution is -2.03. The second-order valence-electron chi connectivity index (χ2n) is 5.34. The van der Waals surface area contributed by atoms with Crippen molar-refractivity contribution in [1.29, 1.82) is 0 Å². The molecule has 122 valence electrons. The largest absolute Gasteiger partial charge is 0.493 e. The molecule has 0 unspecified atom stereocenters. The molecule has 0 atom stereocenters. The summed E-state index contributed by atoms with van der Waals surface area (Å²) >= 11 is 0. The van der Waals surface area contributed by atoms with Gasteiger partial charge in [0.2, 0.25) is 5.78 Å². The van der Waals surface area contributed by atoms with Crippen LogP contribution in [0.4, 0.5) is 0 Å². The maximum atomic E-state index is 12.2. The lowest BCUT2D eigenvalue weighted by Gasteiger charge is -2.12. The van der Waals surface area contributed by atoms with Crippen LogP contribution in [0, 0.1) is 0 Å². The van der Waals surface area contributed by atoms with Gasteiger partial charge in [0.1, 0.15) is 6.61 Å². The molecule has 0 aliphatic heterocycles. The number of benzene rings is 2. The van der Waals surface area contributed by atoms with E-state index < -0.39 is 0 Å². The van der Waals surface area contributed by atoms with Crippen LogP contribution >= 0.6 is 0 Å². The summed E-state index contributed by atoms with van der Waals surface area (Å²) in [6.45, 7) is 0.437. The summed E-state index contributed by atoms with van der Waals surface area (Å²) in [4.78, 5) is 12.2. The van der Waals surface area contributed by atoms with E-state index in [1.807, 2.05) is 48.5 Å². The van der Waals surface area contributed by atoms with Crippen molar-refractivity contribution in [2.75, 3.05) is 7.11 Å². The van der Waals surface area contributed by atoms with Crippen molar-refractivity contribution in [3.05, 3.63) is 83.8 Å². The van der Waals surface area contributed by atoms with Gasteiger partial charge in [-0.25, -0.2) is 0 Å². The SMILES string of the molecule is COc1ccc(CC(=O)c2ccco2)cc1OCc1ccccc1. The summed E-state index contributed by atoms with van der Waals surface area (Å²) in [5.74, 6) is 1.54. The van der Waals surface area contributed by atoms with Gasteiger partial charge >= 0.3 is 0 Å². The molecule has 0 saturated carbocycles. The maximum absolute atomic E-state index is 12.2. The fourth-order valence-electron chi connectivity index (χ4n) is 2.39. The van der Waals surface area contributed by atoms with Gasteiger partial charge in [-0.15, -0.1) is 0 Å². The summed E-state index contributed by atoms with van der Waals surface area (Å²) in [5.41, 5.74) is 1.91. The lowest BCUT2D eigenvalue weighted by molar-refractivity contribution is 0.0966. The Kier molecular flexibility index (Phi) is 4.96. The topological polar surface area (TPSA) is 48.7 Å². The van der Waals surface area contributed by atoms with E-state index in [0.717, 1.165) is 11.1 Å². The molecule has 0 spiro atoms. The zero-order valence-corrected chi connectivity index (χ0v) is 13.4. The highest BCUT2D eigenvalue weighted by atomic mass is 16.5. The standard InChI is InChI=1S/C20H18O4/c1-22-19-10-9-16(12-17(21)18-8-5-11-23-18)13-20(19)24-14-15-6-3-2-4-7-15/h2-11,13H,12,14H2,1H3. The zero-order chi connectivity index (χ0) is 16.8. The number of carbonyl (C=O) groups is 1. The van der Waals surface area contributed by atoms with Gasteiger partial charge in [-0.05, 0) is 35.4 Å². The smallest absolute Gasteiger partial charge is 0.202 e. The summed E-state index contributed by atoms with van der Waals surface area (Å²) in [7, 11) is 1.60. The fourth-order valence-corrected chi connectivity index (χ4v) is 2.39. The second-order valence-corrected chi connectivity index (χ2v) is 5.34. The fraction of sp³-hybridized carbons (Fsp3) is 0.150. The predicted molar refractivity (Wildman–Crippen MR) is 90.5 cm³/mol. The van der Waals surface area contributed by atoms with Gasteiger partial charge in [0.15, 0.2) is 17.3 Å². The number of carbonyl (C=O) groups excluding carboxylic acids is 1. The Morgan fingerprint density at radius 1 is 0.958 bits per heavy atom. The molecule has 0 N–H and O–H groups in total. The Hall–Kier alpha value is -3.01. The van der Waals surface area contributed by atoms with Crippen molar-refractivity contribution in [1.82, 2.24) is 0 Å². The Labute approximate surface area is 140 Å². The highest BCUT2D eigenvalue weighted by Crippen LogP contribution is 2.29.